The Hall–Kier alpha value is -3.52. The Bertz CT molecular complexity index is 1190. The van der Waals surface area contributed by atoms with Gasteiger partial charge in [0, 0.05) is 34.6 Å². The molecule has 0 spiro atoms. The maximum Gasteiger partial charge on any atom is 0.338 e. The SMILES string of the molecule is CC1(C)OC(=O)C(C(c2ccc(Br)cc2)C(C(=O)c2ccncc2)[n+]2ccccc2)=C([O-])O1. The highest BCUT2D eigenvalue weighted by atomic mass is 79.9. The first kappa shape index (κ1) is 22.7. The molecule has 2 aromatic heterocycles. The lowest BCUT2D eigenvalue weighted by Crippen LogP contribution is -2.50. The van der Waals surface area contributed by atoms with Gasteiger partial charge < -0.3 is 14.6 Å². The van der Waals surface area contributed by atoms with E-state index in [9.17, 15) is 14.7 Å². The largest absolute Gasteiger partial charge is 0.575 e. The van der Waals surface area contributed by atoms with Crippen molar-refractivity contribution in [2.75, 3.05) is 0 Å². The standard InChI is InChI=1S/C25H21BrN2O5/c1-25(2)32-23(30)20(24(31)33-25)19(16-6-8-18(26)9-7-16)21(28-14-4-3-5-15-28)22(29)17-10-12-27-13-11-17/h3-15,19,21H,1-2H3. The van der Waals surface area contributed by atoms with Gasteiger partial charge in [-0.15, -0.1) is 0 Å². The molecule has 4 rings (SSSR count). The zero-order chi connectivity index (χ0) is 23.6. The molecular weight excluding hydrogens is 488 g/mol. The lowest BCUT2D eigenvalue weighted by Gasteiger charge is -2.41. The average Bonchev–Trinajstić information content (AvgIpc) is 2.79. The van der Waals surface area contributed by atoms with Crippen LogP contribution in [0.4, 0.5) is 0 Å². The Morgan fingerprint density at radius 3 is 2.27 bits per heavy atom. The van der Waals surface area contributed by atoms with E-state index in [2.05, 4.69) is 20.9 Å². The third kappa shape index (κ3) is 4.80. The van der Waals surface area contributed by atoms with Crippen molar-refractivity contribution in [2.45, 2.75) is 31.6 Å². The molecule has 0 N–H and O–H groups in total. The van der Waals surface area contributed by atoms with Crippen LogP contribution in [0.3, 0.4) is 0 Å². The number of hydrogen-bond donors (Lipinski definition) is 0. The molecule has 2 atom stereocenters. The van der Waals surface area contributed by atoms with E-state index in [1.165, 1.54) is 26.2 Å². The van der Waals surface area contributed by atoms with Gasteiger partial charge in [-0.25, -0.2) is 4.79 Å². The molecule has 8 heteroatoms. The number of cyclic esters (lactones) is 1. The number of ketones is 1. The number of halogens is 1. The van der Waals surface area contributed by atoms with Crippen LogP contribution < -0.4 is 9.67 Å². The Morgan fingerprint density at radius 1 is 1.03 bits per heavy atom. The van der Waals surface area contributed by atoms with Crippen LogP contribution in [-0.2, 0) is 14.3 Å². The first-order valence-electron chi connectivity index (χ1n) is 10.3. The van der Waals surface area contributed by atoms with Gasteiger partial charge in [0.2, 0.25) is 11.8 Å². The lowest BCUT2D eigenvalue weighted by atomic mass is 9.81. The van der Waals surface area contributed by atoms with E-state index in [0.717, 1.165) is 4.47 Å². The van der Waals surface area contributed by atoms with Crippen molar-refractivity contribution < 1.29 is 28.7 Å². The fourth-order valence-electron chi connectivity index (χ4n) is 3.83. The van der Waals surface area contributed by atoms with Gasteiger partial charge in [0.15, 0.2) is 18.2 Å². The predicted octanol–water partition coefficient (Wildman–Crippen LogP) is 3.22. The molecular formula is C25H21BrN2O5. The molecule has 168 valence electrons. The summed E-state index contributed by atoms with van der Waals surface area (Å²) in [5, 5.41) is 13.1. The second-order valence-electron chi connectivity index (χ2n) is 7.99. The molecule has 0 amide bonds. The van der Waals surface area contributed by atoms with Crippen LogP contribution in [0.2, 0.25) is 0 Å². The van der Waals surface area contributed by atoms with E-state index < -0.39 is 29.7 Å². The molecule has 0 aliphatic carbocycles. The number of carbonyl (C=O) groups is 2. The third-order valence-electron chi connectivity index (χ3n) is 5.27. The summed E-state index contributed by atoms with van der Waals surface area (Å²) in [6.07, 6.45) is 6.49. The van der Waals surface area contributed by atoms with Gasteiger partial charge in [-0.3, -0.25) is 9.78 Å². The van der Waals surface area contributed by atoms with E-state index in [0.29, 0.717) is 11.1 Å². The first-order valence-corrected chi connectivity index (χ1v) is 11.0. The van der Waals surface area contributed by atoms with Crippen molar-refractivity contribution in [1.29, 1.82) is 0 Å². The molecule has 0 bridgehead atoms. The fraction of sp³-hybridized carbons (Fsp3) is 0.200. The van der Waals surface area contributed by atoms with E-state index in [4.69, 9.17) is 9.47 Å². The molecule has 0 saturated heterocycles. The molecule has 0 fully saturated rings. The Balaban J connectivity index is 1.96. The highest BCUT2D eigenvalue weighted by Gasteiger charge is 2.45. The highest BCUT2D eigenvalue weighted by molar-refractivity contribution is 9.10. The number of aromatic nitrogens is 2. The van der Waals surface area contributed by atoms with E-state index in [1.54, 1.807) is 65.5 Å². The molecule has 0 saturated carbocycles. The van der Waals surface area contributed by atoms with Crippen LogP contribution in [0.1, 0.15) is 41.7 Å². The van der Waals surface area contributed by atoms with Crippen molar-refractivity contribution in [1.82, 2.24) is 4.98 Å². The van der Waals surface area contributed by atoms with Crippen molar-refractivity contribution in [3.8, 4) is 0 Å². The maximum atomic E-state index is 13.8. The second-order valence-corrected chi connectivity index (χ2v) is 8.91. The van der Waals surface area contributed by atoms with Gasteiger partial charge >= 0.3 is 5.97 Å². The number of Topliss-reactive ketones (excluding diaryl/α,β-unsaturated/α-hetero) is 1. The molecule has 0 radical (unpaired) electrons. The van der Waals surface area contributed by atoms with Crippen LogP contribution >= 0.6 is 15.9 Å². The number of pyridine rings is 2. The van der Waals surface area contributed by atoms with Gasteiger partial charge in [0.1, 0.15) is 0 Å². The zero-order valence-electron chi connectivity index (χ0n) is 18.0. The molecule has 1 aliphatic rings. The molecule has 3 aromatic rings. The van der Waals surface area contributed by atoms with Gasteiger partial charge in [-0.1, -0.05) is 34.1 Å². The number of nitrogens with zero attached hydrogens (tertiary/aromatic N) is 2. The minimum atomic E-state index is -1.40. The highest BCUT2D eigenvalue weighted by Crippen LogP contribution is 2.40. The first-order chi connectivity index (χ1) is 15.8. The minimum Gasteiger partial charge on any atom is -0.575 e. The quantitative estimate of drug-likeness (QED) is 0.288. The smallest absolute Gasteiger partial charge is 0.338 e. The zero-order valence-corrected chi connectivity index (χ0v) is 19.6. The van der Waals surface area contributed by atoms with Crippen LogP contribution in [0, 0.1) is 0 Å². The van der Waals surface area contributed by atoms with E-state index >= 15 is 0 Å². The van der Waals surface area contributed by atoms with Crippen molar-refractivity contribution in [2.24, 2.45) is 0 Å². The number of carbonyl (C=O) groups excluding carboxylic acids is 2. The van der Waals surface area contributed by atoms with E-state index in [-0.39, 0.29) is 11.4 Å². The number of rotatable bonds is 6. The van der Waals surface area contributed by atoms with Gasteiger partial charge in [0.25, 0.3) is 0 Å². The summed E-state index contributed by atoms with van der Waals surface area (Å²) in [7, 11) is 0. The van der Waals surface area contributed by atoms with Gasteiger partial charge in [-0.05, 0) is 43.7 Å². The number of ether oxygens (including phenoxy) is 2. The van der Waals surface area contributed by atoms with Gasteiger partial charge in [0.05, 0.1) is 17.4 Å². The normalized spacial score (nSPS) is 17.0. The summed E-state index contributed by atoms with van der Waals surface area (Å²) in [5.41, 5.74) is 0.748. The van der Waals surface area contributed by atoms with Crippen LogP contribution in [0.15, 0.2) is 95.4 Å². The Labute approximate surface area is 199 Å². The van der Waals surface area contributed by atoms with Crippen molar-refractivity contribution in [3.05, 3.63) is 107 Å². The second kappa shape index (κ2) is 9.15. The van der Waals surface area contributed by atoms with Crippen molar-refractivity contribution in [3.63, 3.8) is 0 Å². The van der Waals surface area contributed by atoms with E-state index in [1.807, 2.05) is 6.07 Å². The third-order valence-corrected chi connectivity index (χ3v) is 5.79. The van der Waals surface area contributed by atoms with Crippen LogP contribution in [0.5, 0.6) is 0 Å². The molecule has 1 aromatic carbocycles. The van der Waals surface area contributed by atoms with Crippen LogP contribution in [0.25, 0.3) is 0 Å². The molecule has 3 heterocycles. The number of esters is 1. The fourth-order valence-corrected chi connectivity index (χ4v) is 4.10. The molecule has 7 nitrogen and oxygen atoms in total. The summed E-state index contributed by atoms with van der Waals surface area (Å²) in [6, 6.07) is 14.7. The summed E-state index contributed by atoms with van der Waals surface area (Å²) in [4.78, 5) is 30.9. The lowest BCUT2D eigenvalue weighted by molar-refractivity contribution is -0.710. The monoisotopic (exact) mass is 508 g/mol. The summed E-state index contributed by atoms with van der Waals surface area (Å²) in [6.45, 7) is 2.97. The Kier molecular flexibility index (Phi) is 6.29. The maximum absolute atomic E-state index is 13.8. The van der Waals surface area contributed by atoms with Crippen molar-refractivity contribution >= 4 is 27.7 Å². The number of hydrogen-bond acceptors (Lipinski definition) is 6. The topological polar surface area (TPSA) is 92.4 Å². The summed E-state index contributed by atoms with van der Waals surface area (Å²) >= 11 is 3.41. The number of benzene rings is 1. The Morgan fingerprint density at radius 2 is 1.67 bits per heavy atom. The molecule has 2 unspecified atom stereocenters. The minimum absolute atomic E-state index is 0.236. The average molecular weight is 509 g/mol. The predicted molar refractivity (Wildman–Crippen MR) is 119 cm³/mol. The van der Waals surface area contributed by atoms with Gasteiger partial charge in [-0.2, -0.15) is 4.57 Å². The molecule has 1 aliphatic heterocycles. The molecule has 33 heavy (non-hydrogen) atoms. The summed E-state index contributed by atoms with van der Waals surface area (Å²) in [5.74, 6) is -4.28. The summed E-state index contributed by atoms with van der Waals surface area (Å²) < 4.78 is 13.3. The van der Waals surface area contributed by atoms with Crippen LogP contribution in [-0.4, -0.2) is 22.5 Å².